The van der Waals surface area contributed by atoms with Gasteiger partial charge in [0.2, 0.25) is 0 Å². The van der Waals surface area contributed by atoms with Gasteiger partial charge in [0, 0.05) is 21.9 Å². The smallest absolute Gasteiger partial charge is 0.162 e. The molecule has 1 aliphatic rings. The normalized spacial score (nSPS) is 21.5. The fourth-order valence-corrected chi connectivity index (χ4v) is 3.51. The molecule has 0 amide bonds. The van der Waals surface area contributed by atoms with Crippen LogP contribution in [-0.2, 0) is 4.79 Å². The zero-order valence-electron chi connectivity index (χ0n) is 12.4. The van der Waals surface area contributed by atoms with Crippen molar-refractivity contribution in [1.82, 2.24) is 0 Å². The number of allylic oxidation sites excluding steroid dienone is 2. The SMILES string of the molecule is CC1=C(c2ccc(Cl)cc2)[C@@H](c2ccc(Cl)cc2)[C@@H](C)C1=O. The number of hydrogen-bond donors (Lipinski definition) is 0. The van der Waals surface area contributed by atoms with E-state index in [0.29, 0.717) is 10.0 Å². The lowest BCUT2D eigenvalue weighted by Gasteiger charge is -2.20. The minimum absolute atomic E-state index is 0.0611. The van der Waals surface area contributed by atoms with Gasteiger partial charge in [0.1, 0.15) is 0 Å². The second-order valence-electron chi connectivity index (χ2n) is 5.73. The fraction of sp³-hybridized carbons (Fsp3) is 0.211. The van der Waals surface area contributed by atoms with E-state index in [2.05, 4.69) is 0 Å². The third-order valence-electron chi connectivity index (χ3n) is 4.38. The minimum Gasteiger partial charge on any atom is -0.294 e. The number of ketones is 1. The highest BCUT2D eigenvalue weighted by Crippen LogP contribution is 2.47. The Bertz CT molecular complexity index is 742. The molecular formula is C19H16Cl2O. The van der Waals surface area contributed by atoms with Crippen molar-refractivity contribution in [2.24, 2.45) is 5.92 Å². The van der Waals surface area contributed by atoms with Crippen molar-refractivity contribution in [3.05, 3.63) is 75.3 Å². The molecule has 3 heteroatoms. The molecule has 2 aromatic carbocycles. The monoisotopic (exact) mass is 330 g/mol. The molecule has 0 N–H and O–H groups in total. The van der Waals surface area contributed by atoms with Crippen molar-refractivity contribution in [2.75, 3.05) is 0 Å². The summed E-state index contributed by atoms with van der Waals surface area (Å²) >= 11 is 12.0. The van der Waals surface area contributed by atoms with Gasteiger partial charge in [-0.1, -0.05) is 54.4 Å². The first-order valence-corrected chi connectivity index (χ1v) is 8.01. The third kappa shape index (κ3) is 2.60. The van der Waals surface area contributed by atoms with Crippen LogP contribution in [0.5, 0.6) is 0 Å². The van der Waals surface area contributed by atoms with Crippen LogP contribution in [0.1, 0.15) is 30.9 Å². The molecule has 1 aliphatic carbocycles. The number of Topliss-reactive ketones (excluding diaryl/α,β-unsaturated/α-hetero) is 1. The first-order valence-electron chi connectivity index (χ1n) is 7.25. The molecule has 0 heterocycles. The first-order chi connectivity index (χ1) is 10.5. The Morgan fingerprint density at radius 2 is 1.36 bits per heavy atom. The van der Waals surface area contributed by atoms with E-state index >= 15 is 0 Å². The predicted molar refractivity (Wildman–Crippen MR) is 92.4 cm³/mol. The molecule has 0 fully saturated rings. The van der Waals surface area contributed by atoms with Crippen molar-refractivity contribution in [3.8, 4) is 0 Å². The van der Waals surface area contributed by atoms with Gasteiger partial charge in [0.25, 0.3) is 0 Å². The van der Waals surface area contributed by atoms with Crippen LogP contribution in [0.15, 0.2) is 54.1 Å². The Morgan fingerprint density at radius 1 is 0.864 bits per heavy atom. The second kappa shape index (κ2) is 5.91. The van der Waals surface area contributed by atoms with Gasteiger partial charge in [0.15, 0.2) is 5.78 Å². The lowest BCUT2D eigenvalue weighted by molar-refractivity contribution is -0.118. The van der Waals surface area contributed by atoms with E-state index in [9.17, 15) is 4.79 Å². The highest BCUT2D eigenvalue weighted by molar-refractivity contribution is 6.31. The molecule has 0 radical (unpaired) electrons. The summed E-state index contributed by atoms with van der Waals surface area (Å²) in [6, 6.07) is 15.5. The number of halogens is 2. The van der Waals surface area contributed by atoms with Crippen LogP contribution < -0.4 is 0 Å². The summed E-state index contributed by atoms with van der Waals surface area (Å²) in [4.78, 5) is 12.5. The molecule has 0 saturated heterocycles. The summed E-state index contributed by atoms with van der Waals surface area (Å²) in [7, 11) is 0. The van der Waals surface area contributed by atoms with E-state index in [-0.39, 0.29) is 17.6 Å². The van der Waals surface area contributed by atoms with Crippen LogP contribution in [0.2, 0.25) is 10.0 Å². The molecule has 112 valence electrons. The van der Waals surface area contributed by atoms with Crippen molar-refractivity contribution in [3.63, 3.8) is 0 Å². The molecule has 3 rings (SSSR count). The van der Waals surface area contributed by atoms with Crippen LogP contribution in [0.4, 0.5) is 0 Å². The van der Waals surface area contributed by atoms with E-state index in [4.69, 9.17) is 23.2 Å². The summed E-state index contributed by atoms with van der Waals surface area (Å²) in [5, 5.41) is 1.40. The van der Waals surface area contributed by atoms with Gasteiger partial charge in [-0.15, -0.1) is 0 Å². The summed E-state index contributed by atoms with van der Waals surface area (Å²) in [5.74, 6) is 0.211. The lowest BCUT2D eigenvalue weighted by Crippen LogP contribution is -2.12. The number of benzene rings is 2. The topological polar surface area (TPSA) is 17.1 Å². The average Bonchev–Trinajstić information content (AvgIpc) is 2.74. The van der Waals surface area contributed by atoms with Crippen LogP contribution in [0.3, 0.4) is 0 Å². The molecule has 0 aliphatic heterocycles. The first kappa shape index (κ1) is 15.3. The molecule has 0 spiro atoms. The van der Waals surface area contributed by atoms with Crippen LogP contribution in [-0.4, -0.2) is 5.78 Å². The lowest BCUT2D eigenvalue weighted by atomic mass is 9.83. The Morgan fingerprint density at radius 3 is 1.91 bits per heavy atom. The molecule has 0 saturated carbocycles. The quantitative estimate of drug-likeness (QED) is 0.683. The van der Waals surface area contributed by atoms with Gasteiger partial charge >= 0.3 is 0 Å². The largest absolute Gasteiger partial charge is 0.294 e. The second-order valence-corrected chi connectivity index (χ2v) is 6.60. The summed E-state index contributed by atoms with van der Waals surface area (Å²) in [5.41, 5.74) is 4.11. The Kier molecular flexibility index (Phi) is 4.12. The van der Waals surface area contributed by atoms with E-state index in [1.165, 1.54) is 0 Å². The molecule has 22 heavy (non-hydrogen) atoms. The van der Waals surface area contributed by atoms with Gasteiger partial charge in [-0.3, -0.25) is 4.79 Å². The van der Waals surface area contributed by atoms with Crippen molar-refractivity contribution in [1.29, 1.82) is 0 Å². The predicted octanol–water partition coefficient (Wildman–Crippen LogP) is 5.77. The van der Waals surface area contributed by atoms with Crippen LogP contribution >= 0.6 is 23.2 Å². The van der Waals surface area contributed by atoms with Gasteiger partial charge in [0.05, 0.1) is 0 Å². The summed E-state index contributed by atoms with van der Waals surface area (Å²) in [6.07, 6.45) is 0. The zero-order chi connectivity index (χ0) is 15.9. The number of carbonyl (C=O) groups excluding carboxylic acids is 1. The molecule has 2 aromatic rings. The average molecular weight is 331 g/mol. The summed E-state index contributed by atoms with van der Waals surface area (Å²) < 4.78 is 0. The fourth-order valence-electron chi connectivity index (χ4n) is 3.26. The zero-order valence-corrected chi connectivity index (χ0v) is 13.9. The summed E-state index contributed by atoms with van der Waals surface area (Å²) in [6.45, 7) is 3.91. The van der Waals surface area contributed by atoms with E-state index in [1.807, 2.05) is 62.4 Å². The van der Waals surface area contributed by atoms with Crippen molar-refractivity contribution < 1.29 is 4.79 Å². The third-order valence-corrected chi connectivity index (χ3v) is 4.89. The molecule has 0 aromatic heterocycles. The number of hydrogen-bond acceptors (Lipinski definition) is 1. The minimum atomic E-state index is -0.0631. The van der Waals surface area contributed by atoms with Gasteiger partial charge in [-0.2, -0.15) is 0 Å². The van der Waals surface area contributed by atoms with E-state index in [1.54, 1.807) is 0 Å². The van der Waals surface area contributed by atoms with Gasteiger partial charge in [-0.25, -0.2) is 0 Å². The Balaban J connectivity index is 2.12. The van der Waals surface area contributed by atoms with E-state index < -0.39 is 0 Å². The van der Waals surface area contributed by atoms with Gasteiger partial charge < -0.3 is 0 Å². The maximum atomic E-state index is 12.5. The molecule has 1 nitrogen and oxygen atoms in total. The van der Waals surface area contributed by atoms with Gasteiger partial charge in [-0.05, 0) is 53.5 Å². The highest BCUT2D eigenvalue weighted by atomic mass is 35.5. The molecule has 2 atom stereocenters. The van der Waals surface area contributed by atoms with Crippen LogP contribution in [0.25, 0.3) is 5.57 Å². The number of rotatable bonds is 2. The van der Waals surface area contributed by atoms with Crippen LogP contribution in [0, 0.1) is 5.92 Å². The number of carbonyl (C=O) groups is 1. The van der Waals surface area contributed by atoms with Crippen molar-refractivity contribution in [2.45, 2.75) is 19.8 Å². The van der Waals surface area contributed by atoms with Crippen molar-refractivity contribution >= 4 is 34.6 Å². The standard InChI is InChI=1S/C19H16Cl2O/c1-11-17(13-3-7-15(20)8-4-13)18(12(2)19(11)22)14-5-9-16(21)10-6-14/h3-11,17H,1-2H3/t11-,17-/m1/s1. The molecular weight excluding hydrogens is 315 g/mol. The maximum Gasteiger partial charge on any atom is 0.162 e. The Labute approximate surface area is 140 Å². The maximum absolute atomic E-state index is 12.5. The molecule has 0 bridgehead atoms. The highest BCUT2D eigenvalue weighted by Gasteiger charge is 2.38. The molecule has 0 unspecified atom stereocenters. The van der Waals surface area contributed by atoms with E-state index in [0.717, 1.165) is 22.3 Å². The Hall–Kier alpha value is -1.57.